The molecule has 1 saturated heterocycles. The van der Waals surface area contributed by atoms with Gasteiger partial charge in [-0.25, -0.2) is 9.97 Å². The third-order valence-corrected chi connectivity index (χ3v) is 5.65. The van der Waals surface area contributed by atoms with E-state index in [4.69, 9.17) is 0 Å². The number of anilines is 1. The standard InChI is InChI=1S/C19H30N4O/c1-14-15(2)20-16(3)21-19(14)23-12-10-22(11-13-23)18(24)9-8-17-6-4-5-7-17/h17H,4-13H2,1-3H3. The van der Waals surface area contributed by atoms with Crippen LogP contribution in [0.3, 0.4) is 0 Å². The number of piperazine rings is 1. The van der Waals surface area contributed by atoms with Crippen molar-refractivity contribution in [3.8, 4) is 0 Å². The Morgan fingerprint density at radius 1 is 1.04 bits per heavy atom. The highest BCUT2D eigenvalue weighted by Gasteiger charge is 2.24. The molecule has 3 rings (SSSR count). The lowest BCUT2D eigenvalue weighted by molar-refractivity contribution is -0.131. The molecule has 0 N–H and O–H groups in total. The second-order valence-electron chi connectivity index (χ2n) is 7.36. The summed E-state index contributed by atoms with van der Waals surface area (Å²) in [5, 5.41) is 0. The average Bonchev–Trinajstić information content (AvgIpc) is 3.09. The number of amides is 1. The van der Waals surface area contributed by atoms with Crippen molar-refractivity contribution in [1.82, 2.24) is 14.9 Å². The van der Waals surface area contributed by atoms with Crippen LogP contribution in [0.5, 0.6) is 0 Å². The summed E-state index contributed by atoms with van der Waals surface area (Å²) in [6.45, 7) is 9.42. The Kier molecular flexibility index (Phi) is 5.36. The molecule has 2 heterocycles. The zero-order chi connectivity index (χ0) is 17.1. The fourth-order valence-corrected chi connectivity index (χ4v) is 4.01. The quantitative estimate of drug-likeness (QED) is 0.851. The van der Waals surface area contributed by atoms with E-state index < -0.39 is 0 Å². The predicted molar refractivity (Wildman–Crippen MR) is 96.2 cm³/mol. The Morgan fingerprint density at radius 3 is 2.38 bits per heavy atom. The molecule has 5 heteroatoms. The molecule has 1 amide bonds. The van der Waals surface area contributed by atoms with Crippen LogP contribution >= 0.6 is 0 Å². The minimum atomic E-state index is 0.341. The molecule has 0 unspecified atom stereocenters. The summed E-state index contributed by atoms with van der Waals surface area (Å²) in [6, 6.07) is 0. The predicted octanol–water partition coefficient (Wildman–Crippen LogP) is 3.02. The van der Waals surface area contributed by atoms with E-state index in [1.807, 2.05) is 18.7 Å². The van der Waals surface area contributed by atoms with Crippen molar-refractivity contribution >= 4 is 11.7 Å². The number of rotatable bonds is 4. The monoisotopic (exact) mass is 330 g/mol. The molecule has 1 saturated carbocycles. The summed E-state index contributed by atoms with van der Waals surface area (Å²) in [4.78, 5) is 25.9. The molecule has 0 spiro atoms. The van der Waals surface area contributed by atoms with Crippen LogP contribution in [-0.4, -0.2) is 47.0 Å². The van der Waals surface area contributed by atoms with Crippen molar-refractivity contribution in [3.05, 3.63) is 17.1 Å². The minimum Gasteiger partial charge on any atom is -0.353 e. The molecule has 1 aromatic heterocycles. The van der Waals surface area contributed by atoms with E-state index in [0.29, 0.717) is 5.91 Å². The maximum Gasteiger partial charge on any atom is 0.222 e. The van der Waals surface area contributed by atoms with Crippen LogP contribution in [0.25, 0.3) is 0 Å². The van der Waals surface area contributed by atoms with E-state index in [0.717, 1.165) is 67.8 Å². The number of hydrogen-bond acceptors (Lipinski definition) is 4. The molecule has 132 valence electrons. The number of carbonyl (C=O) groups excluding carboxylic acids is 1. The Balaban J connectivity index is 1.53. The van der Waals surface area contributed by atoms with Gasteiger partial charge in [0.1, 0.15) is 11.6 Å². The van der Waals surface area contributed by atoms with Gasteiger partial charge in [0, 0.05) is 43.9 Å². The van der Waals surface area contributed by atoms with E-state index in [-0.39, 0.29) is 0 Å². The zero-order valence-electron chi connectivity index (χ0n) is 15.3. The molecule has 24 heavy (non-hydrogen) atoms. The molecule has 0 bridgehead atoms. The van der Waals surface area contributed by atoms with Crippen molar-refractivity contribution in [1.29, 1.82) is 0 Å². The Hall–Kier alpha value is -1.65. The van der Waals surface area contributed by atoms with Crippen molar-refractivity contribution in [3.63, 3.8) is 0 Å². The first-order valence-electron chi connectivity index (χ1n) is 9.39. The van der Waals surface area contributed by atoms with Gasteiger partial charge in [-0.1, -0.05) is 25.7 Å². The number of aryl methyl sites for hydroxylation is 2. The van der Waals surface area contributed by atoms with E-state index in [1.54, 1.807) is 0 Å². The number of aromatic nitrogens is 2. The van der Waals surface area contributed by atoms with E-state index >= 15 is 0 Å². The van der Waals surface area contributed by atoms with Gasteiger partial charge in [-0.3, -0.25) is 4.79 Å². The maximum absolute atomic E-state index is 12.5. The summed E-state index contributed by atoms with van der Waals surface area (Å²) in [6.07, 6.45) is 7.18. The van der Waals surface area contributed by atoms with Crippen LogP contribution < -0.4 is 4.90 Å². The molecule has 0 aromatic carbocycles. The van der Waals surface area contributed by atoms with Gasteiger partial charge in [-0.2, -0.15) is 0 Å². The molecule has 2 aliphatic rings. The highest BCUT2D eigenvalue weighted by atomic mass is 16.2. The third kappa shape index (κ3) is 3.87. The molecule has 0 radical (unpaired) electrons. The van der Waals surface area contributed by atoms with Gasteiger partial charge in [0.05, 0.1) is 0 Å². The highest BCUT2D eigenvalue weighted by Crippen LogP contribution is 2.29. The first-order valence-corrected chi connectivity index (χ1v) is 9.39. The molecule has 2 fully saturated rings. The summed E-state index contributed by atoms with van der Waals surface area (Å²) in [5.41, 5.74) is 2.20. The smallest absolute Gasteiger partial charge is 0.222 e. The number of hydrogen-bond donors (Lipinski definition) is 0. The van der Waals surface area contributed by atoms with Gasteiger partial charge in [0.2, 0.25) is 5.91 Å². The molecular formula is C19H30N4O. The van der Waals surface area contributed by atoms with E-state index in [1.165, 1.54) is 25.7 Å². The summed E-state index contributed by atoms with van der Waals surface area (Å²) in [5.74, 6) is 3.00. The van der Waals surface area contributed by atoms with Crippen LogP contribution in [0.4, 0.5) is 5.82 Å². The topological polar surface area (TPSA) is 49.3 Å². The molecule has 1 aliphatic carbocycles. The summed E-state index contributed by atoms with van der Waals surface area (Å²) in [7, 11) is 0. The fraction of sp³-hybridized carbons (Fsp3) is 0.737. The lowest BCUT2D eigenvalue weighted by atomic mass is 10.0. The fourth-order valence-electron chi connectivity index (χ4n) is 4.01. The van der Waals surface area contributed by atoms with Gasteiger partial charge in [0.25, 0.3) is 0 Å². The Labute approximate surface area is 145 Å². The normalized spacial score (nSPS) is 19.1. The zero-order valence-corrected chi connectivity index (χ0v) is 15.3. The Bertz CT molecular complexity index is 587. The second-order valence-corrected chi connectivity index (χ2v) is 7.36. The van der Waals surface area contributed by atoms with Crippen LogP contribution in [0.2, 0.25) is 0 Å². The van der Waals surface area contributed by atoms with E-state index in [2.05, 4.69) is 21.8 Å². The van der Waals surface area contributed by atoms with E-state index in [9.17, 15) is 4.79 Å². The van der Waals surface area contributed by atoms with Gasteiger partial charge >= 0.3 is 0 Å². The van der Waals surface area contributed by atoms with Gasteiger partial charge in [0.15, 0.2) is 0 Å². The van der Waals surface area contributed by atoms with Crippen molar-refractivity contribution in [2.45, 2.75) is 59.3 Å². The average molecular weight is 330 g/mol. The molecule has 5 nitrogen and oxygen atoms in total. The first kappa shape index (κ1) is 17.2. The minimum absolute atomic E-state index is 0.341. The number of nitrogens with zero attached hydrogens (tertiary/aromatic N) is 4. The van der Waals surface area contributed by atoms with Crippen LogP contribution in [0, 0.1) is 26.7 Å². The highest BCUT2D eigenvalue weighted by molar-refractivity contribution is 5.76. The molecule has 0 atom stereocenters. The van der Waals surface area contributed by atoms with Crippen molar-refractivity contribution in [2.24, 2.45) is 5.92 Å². The molecular weight excluding hydrogens is 300 g/mol. The lowest BCUT2D eigenvalue weighted by Crippen LogP contribution is -2.49. The summed E-state index contributed by atoms with van der Waals surface area (Å²) >= 11 is 0. The van der Waals surface area contributed by atoms with Crippen LogP contribution in [0.1, 0.15) is 55.6 Å². The number of carbonyl (C=O) groups is 1. The maximum atomic E-state index is 12.5. The van der Waals surface area contributed by atoms with Gasteiger partial charge < -0.3 is 9.80 Å². The van der Waals surface area contributed by atoms with Crippen molar-refractivity contribution in [2.75, 3.05) is 31.1 Å². The SMILES string of the molecule is Cc1nc(C)c(C)c(N2CCN(C(=O)CCC3CCCC3)CC2)n1. The van der Waals surface area contributed by atoms with Crippen molar-refractivity contribution < 1.29 is 4.79 Å². The first-order chi connectivity index (χ1) is 11.5. The van der Waals surface area contributed by atoms with Gasteiger partial charge in [-0.15, -0.1) is 0 Å². The molecule has 1 aliphatic heterocycles. The summed E-state index contributed by atoms with van der Waals surface area (Å²) < 4.78 is 0. The second kappa shape index (κ2) is 7.49. The lowest BCUT2D eigenvalue weighted by Gasteiger charge is -2.36. The third-order valence-electron chi connectivity index (χ3n) is 5.65. The Morgan fingerprint density at radius 2 is 1.71 bits per heavy atom. The van der Waals surface area contributed by atoms with Crippen LogP contribution in [0.15, 0.2) is 0 Å². The largest absolute Gasteiger partial charge is 0.353 e. The van der Waals surface area contributed by atoms with Gasteiger partial charge in [-0.05, 0) is 33.1 Å². The van der Waals surface area contributed by atoms with Crippen LogP contribution in [-0.2, 0) is 4.79 Å². The molecule has 1 aromatic rings.